The Kier molecular flexibility index (Phi) is 13.9. The van der Waals surface area contributed by atoms with Gasteiger partial charge in [0.05, 0.1) is 17.4 Å². The van der Waals surface area contributed by atoms with Gasteiger partial charge in [-0.2, -0.15) is 0 Å². The van der Waals surface area contributed by atoms with Crippen LogP contribution in [0.2, 0.25) is 0 Å². The van der Waals surface area contributed by atoms with E-state index in [0.29, 0.717) is 0 Å². The highest BCUT2D eigenvalue weighted by molar-refractivity contribution is 5.74. The Morgan fingerprint density at radius 2 is 1.19 bits per heavy atom. The molecule has 148 valence electrons. The molecular weight excluding hydrogens is 316 g/mol. The minimum absolute atomic E-state index is 1.11. The summed E-state index contributed by atoms with van der Waals surface area (Å²) in [4.78, 5) is 4.45. The standard InChI is InChI=1S/C19H30N2.C5H12/c1-2-3-4-5-6-7-8-9-10-13-16-21-17-20-18-14-11-12-15-19(18)21;1-3-5-4-2/h11-12,14-15,17H,2-10,13,16H2,1H3;3-5H2,1-2H3. The molecule has 0 amide bonds. The van der Waals surface area contributed by atoms with Gasteiger partial charge in [-0.25, -0.2) is 4.98 Å². The van der Waals surface area contributed by atoms with Gasteiger partial charge in [-0.1, -0.05) is 110 Å². The van der Waals surface area contributed by atoms with Gasteiger partial charge in [-0.3, -0.25) is 0 Å². The summed E-state index contributed by atoms with van der Waals surface area (Å²) < 4.78 is 2.29. The van der Waals surface area contributed by atoms with Gasteiger partial charge in [0.15, 0.2) is 0 Å². The number of aromatic nitrogens is 2. The monoisotopic (exact) mass is 358 g/mol. The first kappa shape index (κ1) is 22.7. The van der Waals surface area contributed by atoms with E-state index in [-0.39, 0.29) is 0 Å². The van der Waals surface area contributed by atoms with Crippen molar-refractivity contribution in [2.45, 2.75) is 111 Å². The summed E-state index contributed by atoms with van der Waals surface area (Å²) in [7, 11) is 0. The second-order valence-corrected chi connectivity index (χ2v) is 7.46. The molecule has 1 aromatic carbocycles. The van der Waals surface area contributed by atoms with Crippen LogP contribution in [0.15, 0.2) is 30.6 Å². The molecule has 0 N–H and O–H groups in total. The SMILES string of the molecule is CCCCC.CCCCCCCCCCCCn1cnc2ccccc21. The molecule has 0 aliphatic carbocycles. The predicted molar refractivity (Wildman–Crippen MR) is 117 cm³/mol. The van der Waals surface area contributed by atoms with E-state index in [1.165, 1.54) is 89.0 Å². The average Bonchev–Trinajstić information content (AvgIpc) is 3.08. The summed E-state index contributed by atoms with van der Waals surface area (Å²) >= 11 is 0. The maximum Gasteiger partial charge on any atom is 0.0958 e. The van der Waals surface area contributed by atoms with Crippen LogP contribution >= 0.6 is 0 Å². The van der Waals surface area contributed by atoms with Gasteiger partial charge in [0.1, 0.15) is 0 Å². The maximum absolute atomic E-state index is 4.45. The number of para-hydroxylation sites is 2. The van der Waals surface area contributed by atoms with E-state index in [2.05, 4.69) is 54.6 Å². The lowest BCUT2D eigenvalue weighted by Gasteiger charge is -2.05. The number of unbranched alkanes of at least 4 members (excludes halogenated alkanes) is 11. The van der Waals surface area contributed by atoms with Crippen LogP contribution in [0.5, 0.6) is 0 Å². The molecule has 2 nitrogen and oxygen atoms in total. The van der Waals surface area contributed by atoms with Gasteiger partial charge in [-0.05, 0) is 18.6 Å². The Hall–Kier alpha value is -1.31. The highest BCUT2D eigenvalue weighted by atomic mass is 15.0. The van der Waals surface area contributed by atoms with Crippen LogP contribution in [-0.4, -0.2) is 9.55 Å². The molecule has 0 aliphatic heterocycles. The van der Waals surface area contributed by atoms with Gasteiger partial charge in [0.25, 0.3) is 0 Å². The van der Waals surface area contributed by atoms with Gasteiger partial charge < -0.3 is 4.57 Å². The van der Waals surface area contributed by atoms with E-state index in [1.54, 1.807) is 0 Å². The molecule has 0 atom stereocenters. The number of hydrogen-bond acceptors (Lipinski definition) is 1. The molecule has 0 saturated heterocycles. The van der Waals surface area contributed by atoms with Crippen molar-refractivity contribution in [2.24, 2.45) is 0 Å². The van der Waals surface area contributed by atoms with Crippen molar-refractivity contribution in [3.63, 3.8) is 0 Å². The minimum atomic E-state index is 1.11. The van der Waals surface area contributed by atoms with Crippen molar-refractivity contribution in [2.75, 3.05) is 0 Å². The summed E-state index contributed by atoms with van der Waals surface area (Å²) in [6.07, 6.45) is 20.0. The first-order chi connectivity index (χ1) is 12.8. The van der Waals surface area contributed by atoms with Gasteiger partial charge in [0.2, 0.25) is 0 Å². The highest BCUT2D eigenvalue weighted by Gasteiger charge is 2.00. The summed E-state index contributed by atoms with van der Waals surface area (Å²) in [5.41, 5.74) is 2.39. The van der Waals surface area contributed by atoms with Gasteiger partial charge in [0, 0.05) is 6.54 Å². The van der Waals surface area contributed by atoms with Crippen molar-refractivity contribution in [3.8, 4) is 0 Å². The Morgan fingerprint density at radius 1 is 0.654 bits per heavy atom. The molecule has 0 fully saturated rings. The number of aryl methyl sites for hydroxylation is 1. The third-order valence-electron chi connectivity index (χ3n) is 4.99. The number of hydrogen-bond donors (Lipinski definition) is 0. The van der Waals surface area contributed by atoms with Gasteiger partial charge in [-0.15, -0.1) is 0 Å². The maximum atomic E-state index is 4.45. The summed E-state index contributed by atoms with van der Waals surface area (Å²) in [5.74, 6) is 0. The zero-order valence-corrected chi connectivity index (χ0v) is 17.7. The number of benzene rings is 1. The lowest BCUT2D eigenvalue weighted by Crippen LogP contribution is -1.95. The van der Waals surface area contributed by atoms with Crippen molar-refractivity contribution >= 4 is 11.0 Å². The molecule has 2 rings (SSSR count). The number of fused-ring (bicyclic) bond motifs is 1. The Labute approximate surface area is 162 Å². The van der Waals surface area contributed by atoms with Crippen LogP contribution in [0.25, 0.3) is 11.0 Å². The zero-order valence-electron chi connectivity index (χ0n) is 17.7. The Balaban J connectivity index is 0.000000597. The van der Waals surface area contributed by atoms with Crippen LogP contribution in [0, 0.1) is 0 Å². The van der Waals surface area contributed by atoms with Crippen LogP contribution in [0.4, 0.5) is 0 Å². The second kappa shape index (κ2) is 15.9. The van der Waals surface area contributed by atoms with Crippen LogP contribution < -0.4 is 0 Å². The fraction of sp³-hybridized carbons (Fsp3) is 0.708. The molecule has 0 bridgehead atoms. The largest absolute Gasteiger partial charge is 0.331 e. The average molecular weight is 359 g/mol. The van der Waals surface area contributed by atoms with E-state index < -0.39 is 0 Å². The van der Waals surface area contributed by atoms with Crippen LogP contribution in [-0.2, 0) is 6.54 Å². The fourth-order valence-corrected chi connectivity index (χ4v) is 3.31. The van der Waals surface area contributed by atoms with Crippen LogP contribution in [0.1, 0.15) is 104 Å². The van der Waals surface area contributed by atoms with Crippen molar-refractivity contribution < 1.29 is 0 Å². The van der Waals surface area contributed by atoms with Crippen molar-refractivity contribution in [1.82, 2.24) is 9.55 Å². The minimum Gasteiger partial charge on any atom is -0.331 e. The van der Waals surface area contributed by atoms with Crippen LogP contribution in [0.3, 0.4) is 0 Å². The lowest BCUT2D eigenvalue weighted by molar-refractivity contribution is 0.538. The summed E-state index contributed by atoms with van der Waals surface area (Å²) in [5, 5.41) is 0. The Bertz CT molecular complexity index is 542. The molecule has 0 aliphatic rings. The Morgan fingerprint density at radius 3 is 1.77 bits per heavy atom. The molecule has 1 heterocycles. The highest BCUT2D eigenvalue weighted by Crippen LogP contribution is 2.14. The molecule has 2 aromatic rings. The van der Waals surface area contributed by atoms with E-state index in [9.17, 15) is 0 Å². The number of nitrogens with zero attached hydrogens (tertiary/aromatic N) is 2. The summed E-state index contributed by atoms with van der Waals surface area (Å²) in [6, 6.07) is 8.41. The predicted octanol–water partition coefficient (Wildman–Crippen LogP) is 8.15. The van der Waals surface area contributed by atoms with E-state index in [0.717, 1.165) is 12.1 Å². The second-order valence-electron chi connectivity index (χ2n) is 7.46. The first-order valence-corrected chi connectivity index (χ1v) is 11.2. The van der Waals surface area contributed by atoms with Crippen molar-refractivity contribution in [3.05, 3.63) is 30.6 Å². The molecule has 0 radical (unpaired) electrons. The third kappa shape index (κ3) is 9.99. The molecule has 0 unspecified atom stereocenters. The van der Waals surface area contributed by atoms with E-state index in [1.807, 2.05) is 6.33 Å². The topological polar surface area (TPSA) is 17.8 Å². The molecular formula is C24H42N2. The summed E-state index contributed by atoms with van der Waals surface area (Å²) in [6.45, 7) is 7.81. The quantitative estimate of drug-likeness (QED) is 0.330. The van der Waals surface area contributed by atoms with Crippen molar-refractivity contribution in [1.29, 1.82) is 0 Å². The first-order valence-electron chi connectivity index (χ1n) is 11.2. The molecule has 0 spiro atoms. The smallest absolute Gasteiger partial charge is 0.0958 e. The molecule has 26 heavy (non-hydrogen) atoms. The lowest BCUT2D eigenvalue weighted by atomic mass is 10.1. The third-order valence-corrected chi connectivity index (χ3v) is 4.99. The normalized spacial score (nSPS) is 10.7. The van der Waals surface area contributed by atoms with Gasteiger partial charge >= 0.3 is 0 Å². The fourth-order valence-electron chi connectivity index (χ4n) is 3.31. The van der Waals surface area contributed by atoms with E-state index >= 15 is 0 Å². The van der Waals surface area contributed by atoms with E-state index in [4.69, 9.17) is 0 Å². The number of rotatable bonds is 13. The molecule has 2 heteroatoms. The molecule has 1 aromatic heterocycles. The molecule has 0 saturated carbocycles. The zero-order chi connectivity index (χ0) is 18.9. The number of imidazole rings is 1.